The predicted octanol–water partition coefficient (Wildman–Crippen LogP) is 3.26. The summed E-state index contributed by atoms with van der Waals surface area (Å²) in [5.41, 5.74) is 1.18. The van der Waals surface area contributed by atoms with E-state index in [-0.39, 0.29) is 5.38 Å². The largest absolute Gasteiger partial charge is 0.493 e. The van der Waals surface area contributed by atoms with Gasteiger partial charge in [-0.05, 0) is 30.5 Å². The first-order chi connectivity index (χ1) is 7.21. The number of ether oxygens (including phenoxy) is 2. The van der Waals surface area contributed by atoms with Crippen LogP contribution in [-0.2, 0) is 6.42 Å². The Hall–Kier alpha value is -0.890. The van der Waals surface area contributed by atoms with Gasteiger partial charge in [-0.15, -0.1) is 11.6 Å². The van der Waals surface area contributed by atoms with Crippen LogP contribution in [-0.4, -0.2) is 19.6 Å². The van der Waals surface area contributed by atoms with Gasteiger partial charge in [0.1, 0.15) is 0 Å². The molecule has 1 aromatic carbocycles. The summed E-state index contributed by atoms with van der Waals surface area (Å²) in [6.45, 7) is 2.08. The van der Waals surface area contributed by atoms with Crippen LogP contribution in [0.3, 0.4) is 0 Å². The van der Waals surface area contributed by atoms with E-state index in [9.17, 15) is 0 Å². The van der Waals surface area contributed by atoms with Gasteiger partial charge in [-0.1, -0.05) is 13.0 Å². The van der Waals surface area contributed by atoms with Crippen molar-refractivity contribution in [1.29, 1.82) is 0 Å². The normalized spacial score (nSPS) is 12.3. The Bertz CT molecular complexity index is 312. The Morgan fingerprint density at radius 1 is 1.20 bits per heavy atom. The molecule has 3 heteroatoms. The van der Waals surface area contributed by atoms with Crippen molar-refractivity contribution in [3.05, 3.63) is 23.8 Å². The minimum atomic E-state index is 0.183. The molecule has 0 fully saturated rings. The van der Waals surface area contributed by atoms with Crippen LogP contribution in [0, 0.1) is 0 Å². The number of rotatable bonds is 5. The SMILES string of the molecule is CCC(Cl)Cc1ccc(OC)c(OC)c1. The molecule has 0 heterocycles. The van der Waals surface area contributed by atoms with Crippen molar-refractivity contribution in [3.63, 3.8) is 0 Å². The molecule has 1 unspecified atom stereocenters. The molecule has 0 N–H and O–H groups in total. The van der Waals surface area contributed by atoms with Crippen molar-refractivity contribution >= 4 is 11.6 Å². The first kappa shape index (κ1) is 12.2. The summed E-state index contributed by atoms with van der Waals surface area (Å²) in [6.07, 6.45) is 1.83. The average molecular weight is 229 g/mol. The molecule has 0 amide bonds. The van der Waals surface area contributed by atoms with E-state index < -0.39 is 0 Å². The Morgan fingerprint density at radius 3 is 2.40 bits per heavy atom. The summed E-state index contributed by atoms with van der Waals surface area (Å²) in [5.74, 6) is 1.51. The minimum Gasteiger partial charge on any atom is -0.493 e. The topological polar surface area (TPSA) is 18.5 Å². The fraction of sp³-hybridized carbons (Fsp3) is 0.500. The van der Waals surface area contributed by atoms with Crippen LogP contribution in [0.25, 0.3) is 0 Å². The maximum atomic E-state index is 6.10. The Morgan fingerprint density at radius 2 is 1.87 bits per heavy atom. The van der Waals surface area contributed by atoms with Gasteiger partial charge < -0.3 is 9.47 Å². The number of halogens is 1. The summed E-state index contributed by atoms with van der Waals surface area (Å²) in [7, 11) is 3.27. The molecular formula is C12H17ClO2. The van der Waals surface area contributed by atoms with Crippen LogP contribution < -0.4 is 9.47 Å². The van der Waals surface area contributed by atoms with Crippen molar-refractivity contribution < 1.29 is 9.47 Å². The number of benzene rings is 1. The molecule has 1 rings (SSSR count). The quantitative estimate of drug-likeness (QED) is 0.721. The Kier molecular flexibility index (Phi) is 4.76. The van der Waals surface area contributed by atoms with E-state index >= 15 is 0 Å². The molecule has 2 nitrogen and oxygen atoms in total. The zero-order valence-corrected chi connectivity index (χ0v) is 10.2. The third kappa shape index (κ3) is 3.31. The molecule has 0 aliphatic carbocycles. The highest BCUT2D eigenvalue weighted by molar-refractivity contribution is 6.20. The fourth-order valence-electron chi connectivity index (χ4n) is 1.41. The highest BCUT2D eigenvalue weighted by Gasteiger charge is 2.07. The van der Waals surface area contributed by atoms with Crippen molar-refractivity contribution in [1.82, 2.24) is 0 Å². The zero-order chi connectivity index (χ0) is 11.3. The second kappa shape index (κ2) is 5.86. The van der Waals surface area contributed by atoms with Gasteiger partial charge in [-0.2, -0.15) is 0 Å². The van der Waals surface area contributed by atoms with E-state index in [1.165, 1.54) is 5.56 Å². The van der Waals surface area contributed by atoms with Gasteiger partial charge in [0.2, 0.25) is 0 Å². The number of methoxy groups -OCH3 is 2. The van der Waals surface area contributed by atoms with Crippen LogP contribution in [0.2, 0.25) is 0 Å². The number of hydrogen-bond donors (Lipinski definition) is 0. The average Bonchev–Trinajstić information content (AvgIpc) is 2.28. The van der Waals surface area contributed by atoms with Crippen molar-refractivity contribution in [2.45, 2.75) is 25.1 Å². The Labute approximate surface area is 96.2 Å². The summed E-state index contributed by atoms with van der Waals surface area (Å²) >= 11 is 6.10. The van der Waals surface area contributed by atoms with Gasteiger partial charge in [0.25, 0.3) is 0 Å². The predicted molar refractivity (Wildman–Crippen MR) is 63.2 cm³/mol. The monoisotopic (exact) mass is 228 g/mol. The lowest BCUT2D eigenvalue weighted by Crippen LogP contribution is -2.01. The minimum absolute atomic E-state index is 0.183. The fourth-order valence-corrected chi connectivity index (χ4v) is 1.59. The van der Waals surface area contributed by atoms with Gasteiger partial charge in [0.15, 0.2) is 11.5 Å². The highest BCUT2D eigenvalue weighted by atomic mass is 35.5. The molecule has 1 atom stereocenters. The lowest BCUT2D eigenvalue weighted by atomic mass is 10.1. The molecule has 84 valence electrons. The molecule has 0 aromatic heterocycles. The van der Waals surface area contributed by atoms with Crippen molar-refractivity contribution in [3.8, 4) is 11.5 Å². The summed E-state index contributed by atoms with van der Waals surface area (Å²) in [4.78, 5) is 0. The maximum absolute atomic E-state index is 6.10. The van der Waals surface area contributed by atoms with E-state index in [0.717, 1.165) is 24.3 Å². The van der Waals surface area contributed by atoms with Crippen LogP contribution in [0.4, 0.5) is 0 Å². The highest BCUT2D eigenvalue weighted by Crippen LogP contribution is 2.28. The lowest BCUT2D eigenvalue weighted by Gasteiger charge is -2.11. The van der Waals surface area contributed by atoms with Crippen LogP contribution in [0.1, 0.15) is 18.9 Å². The van der Waals surface area contributed by atoms with E-state index in [0.29, 0.717) is 0 Å². The number of alkyl halides is 1. The van der Waals surface area contributed by atoms with Crippen LogP contribution in [0.15, 0.2) is 18.2 Å². The lowest BCUT2D eigenvalue weighted by molar-refractivity contribution is 0.354. The molecule has 1 aromatic rings. The first-order valence-electron chi connectivity index (χ1n) is 5.06. The second-order valence-corrected chi connectivity index (χ2v) is 4.02. The standard InChI is InChI=1S/C12H17ClO2/c1-4-10(13)7-9-5-6-11(14-2)12(8-9)15-3/h5-6,8,10H,4,7H2,1-3H3. The first-order valence-corrected chi connectivity index (χ1v) is 5.49. The van der Waals surface area contributed by atoms with E-state index in [1.807, 2.05) is 18.2 Å². The van der Waals surface area contributed by atoms with Crippen LogP contribution in [0.5, 0.6) is 11.5 Å². The van der Waals surface area contributed by atoms with Crippen LogP contribution >= 0.6 is 11.6 Å². The molecular weight excluding hydrogens is 212 g/mol. The molecule has 15 heavy (non-hydrogen) atoms. The maximum Gasteiger partial charge on any atom is 0.160 e. The molecule has 0 saturated carbocycles. The molecule has 0 aliphatic rings. The number of hydrogen-bond acceptors (Lipinski definition) is 2. The van der Waals surface area contributed by atoms with Crippen molar-refractivity contribution in [2.24, 2.45) is 0 Å². The molecule has 0 saturated heterocycles. The van der Waals surface area contributed by atoms with Gasteiger partial charge in [0.05, 0.1) is 14.2 Å². The summed E-state index contributed by atoms with van der Waals surface area (Å²) in [6, 6.07) is 5.91. The summed E-state index contributed by atoms with van der Waals surface area (Å²) < 4.78 is 10.4. The molecule has 0 radical (unpaired) electrons. The smallest absolute Gasteiger partial charge is 0.160 e. The third-order valence-electron chi connectivity index (χ3n) is 2.35. The Balaban J connectivity index is 2.83. The summed E-state index contributed by atoms with van der Waals surface area (Å²) in [5, 5.41) is 0.183. The van der Waals surface area contributed by atoms with E-state index in [2.05, 4.69) is 6.92 Å². The van der Waals surface area contributed by atoms with Gasteiger partial charge >= 0.3 is 0 Å². The van der Waals surface area contributed by atoms with Gasteiger partial charge in [-0.3, -0.25) is 0 Å². The molecule has 0 aliphatic heterocycles. The molecule has 0 bridgehead atoms. The van der Waals surface area contributed by atoms with Crippen molar-refractivity contribution in [2.75, 3.05) is 14.2 Å². The van der Waals surface area contributed by atoms with Gasteiger partial charge in [-0.25, -0.2) is 0 Å². The second-order valence-electron chi connectivity index (χ2n) is 3.40. The molecule has 0 spiro atoms. The zero-order valence-electron chi connectivity index (χ0n) is 9.42. The van der Waals surface area contributed by atoms with E-state index in [1.54, 1.807) is 14.2 Å². The van der Waals surface area contributed by atoms with Gasteiger partial charge in [0, 0.05) is 5.38 Å². The third-order valence-corrected chi connectivity index (χ3v) is 2.81. The van der Waals surface area contributed by atoms with E-state index in [4.69, 9.17) is 21.1 Å².